The molecule has 1 spiro atoms. The van der Waals surface area contributed by atoms with Crippen molar-refractivity contribution in [1.82, 2.24) is 4.90 Å². The minimum atomic E-state index is -1.70. The number of carbonyl (C=O) groups excluding carboxylic acids is 3. The average Bonchev–Trinajstić information content (AvgIpc) is 3.63. The number of amides is 2. The molecule has 12 heteroatoms. The van der Waals surface area contributed by atoms with E-state index in [1.165, 1.54) is 0 Å². The summed E-state index contributed by atoms with van der Waals surface area (Å²) >= 11 is 0. The van der Waals surface area contributed by atoms with Crippen LogP contribution in [0.3, 0.4) is 0 Å². The number of ether oxygens (including phenoxy) is 5. The Labute approximate surface area is 287 Å². The Hall–Kier alpha value is -2.45. The molecule has 7 fully saturated rings. The number of rotatable bonds is 9. The fourth-order valence-electron chi connectivity index (χ4n) is 13.2. The summed E-state index contributed by atoms with van der Waals surface area (Å²) in [6.45, 7) is 4.95. The lowest BCUT2D eigenvalue weighted by molar-refractivity contribution is -0.320. The quantitative estimate of drug-likeness (QED) is 0.292. The van der Waals surface area contributed by atoms with Gasteiger partial charge in [0, 0.05) is 82.3 Å². The first-order valence-corrected chi connectivity index (χ1v) is 17.9. The van der Waals surface area contributed by atoms with E-state index >= 15 is 0 Å². The minimum absolute atomic E-state index is 0.0358. The second-order valence-corrected chi connectivity index (χ2v) is 16.0. The van der Waals surface area contributed by atoms with Gasteiger partial charge in [-0.3, -0.25) is 14.5 Å². The number of hydrogen-bond donors (Lipinski definition) is 2. The van der Waals surface area contributed by atoms with Crippen molar-refractivity contribution >= 4 is 23.5 Å². The van der Waals surface area contributed by atoms with Crippen LogP contribution in [0, 0.1) is 40.4 Å². The van der Waals surface area contributed by atoms with Crippen molar-refractivity contribution in [3.63, 3.8) is 0 Å². The molecule has 8 rings (SSSR count). The van der Waals surface area contributed by atoms with Crippen LogP contribution in [0.25, 0.3) is 0 Å². The summed E-state index contributed by atoms with van der Waals surface area (Å²) in [5, 5.41) is 26.6. The van der Waals surface area contributed by atoms with Crippen LogP contribution in [0.2, 0.25) is 0 Å². The van der Waals surface area contributed by atoms with E-state index in [1.807, 2.05) is 0 Å². The standard InChI is InChI=1S/C37H50N2O10/c1-7-38-17-34(18-49-32(42)20-10-8-9-11-23(20)39-26(40)14-19(2)31(39)41)13-12-25(46-4)36-22-15-21-24(45-3)16-35(43,27(22)28(21)47-5)37(44,33(36)38)30(48-6)29(34)36/h8-11,19,21-22,24-25,27-30,33,43-44H,7,12-18H2,1-6H3/t19-,21+,22+,24-,25-,27+,28-,29+,30-,33?,34-,35+,36-,37+/m0/s1. The highest BCUT2D eigenvalue weighted by molar-refractivity contribution is 6.22. The Morgan fingerprint density at radius 3 is 2.43 bits per heavy atom. The number of aliphatic hydroxyl groups is 2. The molecule has 12 nitrogen and oxygen atoms in total. The number of para-hydroxylation sites is 1. The first-order valence-electron chi connectivity index (χ1n) is 17.9. The number of piperidine rings is 1. The van der Waals surface area contributed by atoms with Crippen molar-refractivity contribution in [1.29, 1.82) is 0 Å². The number of benzene rings is 1. The smallest absolute Gasteiger partial charge is 0.340 e. The minimum Gasteiger partial charge on any atom is -0.461 e. The van der Waals surface area contributed by atoms with E-state index in [9.17, 15) is 24.6 Å². The van der Waals surface area contributed by atoms with Gasteiger partial charge in [-0.15, -0.1) is 0 Å². The largest absolute Gasteiger partial charge is 0.461 e. The molecule has 49 heavy (non-hydrogen) atoms. The molecule has 0 radical (unpaired) electrons. The molecule has 2 saturated heterocycles. The molecular formula is C37H50N2O10. The highest BCUT2D eigenvalue weighted by Gasteiger charge is 2.91. The number of esters is 1. The third-order valence-electron chi connectivity index (χ3n) is 14.5. The molecule has 0 aromatic heterocycles. The number of hydrogen-bond acceptors (Lipinski definition) is 11. The van der Waals surface area contributed by atoms with E-state index in [0.29, 0.717) is 25.9 Å². The summed E-state index contributed by atoms with van der Waals surface area (Å²) in [4.78, 5) is 43.3. The second-order valence-electron chi connectivity index (χ2n) is 16.0. The molecule has 2 heterocycles. The number of imide groups is 1. The molecule has 14 atom stereocenters. The molecule has 7 aliphatic rings. The van der Waals surface area contributed by atoms with Gasteiger partial charge >= 0.3 is 5.97 Å². The molecule has 7 bridgehead atoms. The normalized spacial score (nSPS) is 48.0. The van der Waals surface area contributed by atoms with Crippen molar-refractivity contribution in [2.45, 2.75) is 87.6 Å². The topological polar surface area (TPSA) is 144 Å². The van der Waals surface area contributed by atoms with Crippen LogP contribution in [-0.4, -0.2) is 123 Å². The van der Waals surface area contributed by atoms with Crippen LogP contribution < -0.4 is 4.90 Å². The molecule has 268 valence electrons. The summed E-state index contributed by atoms with van der Waals surface area (Å²) in [6.07, 6.45) is 0.813. The van der Waals surface area contributed by atoms with Crippen LogP contribution >= 0.6 is 0 Å². The predicted molar refractivity (Wildman–Crippen MR) is 174 cm³/mol. The van der Waals surface area contributed by atoms with E-state index in [4.69, 9.17) is 23.7 Å². The molecule has 5 aliphatic carbocycles. The van der Waals surface area contributed by atoms with Crippen LogP contribution in [0.5, 0.6) is 0 Å². The van der Waals surface area contributed by atoms with Gasteiger partial charge in [-0.05, 0) is 43.9 Å². The summed E-state index contributed by atoms with van der Waals surface area (Å²) in [6, 6.07) is 6.12. The second kappa shape index (κ2) is 11.3. The van der Waals surface area contributed by atoms with Crippen molar-refractivity contribution in [2.75, 3.05) is 53.0 Å². The molecule has 2 aliphatic heterocycles. The fraction of sp³-hybridized carbons (Fsp3) is 0.757. The number of anilines is 1. The molecule has 5 saturated carbocycles. The fourth-order valence-corrected chi connectivity index (χ4v) is 13.2. The Kier molecular flexibility index (Phi) is 7.75. The van der Waals surface area contributed by atoms with Gasteiger partial charge in [-0.25, -0.2) is 9.69 Å². The van der Waals surface area contributed by atoms with Gasteiger partial charge in [-0.2, -0.15) is 0 Å². The van der Waals surface area contributed by atoms with Gasteiger partial charge in [0.15, 0.2) is 0 Å². The van der Waals surface area contributed by atoms with Crippen molar-refractivity contribution in [3.8, 4) is 0 Å². The zero-order valence-electron chi connectivity index (χ0n) is 29.3. The number of carbonyl (C=O) groups is 3. The Morgan fingerprint density at radius 2 is 1.80 bits per heavy atom. The zero-order chi connectivity index (χ0) is 34.8. The van der Waals surface area contributed by atoms with Gasteiger partial charge in [0.2, 0.25) is 11.8 Å². The maximum Gasteiger partial charge on any atom is 0.340 e. The van der Waals surface area contributed by atoms with Crippen LogP contribution in [-0.2, 0) is 33.3 Å². The van der Waals surface area contributed by atoms with E-state index < -0.39 is 46.1 Å². The van der Waals surface area contributed by atoms with Gasteiger partial charge in [0.1, 0.15) is 11.2 Å². The lowest BCUT2D eigenvalue weighted by Crippen LogP contribution is -2.82. The predicted octanol–water partition coefficient (Wildman–Crippen LogP) is 2.04. The summed E-state index contributed by atoms with van der Waals surface area (Å²) in [5.74, 6) is -2.47. The van der Waals surface area contributed by atoms with Crippen molar-refractivity contribution in [2.24, 2.45) is 40.4 Å². The number of nitrogens with zero attached hydrogens (tertiary/aromatic N) is 2. The molecular weight excluding hydrogens is 632 g/mol. The maximum atomic E-state index is 14.1. The summed E-state index contributed by atoms with van der Waals surface area (Å²) in [7, 11) is 6.70. The number of fused-ring (bicyclic) bond motifs is 2. The molecule has 2 amide bonds. The maximum absolute atomic E-state index is 14.1. The van der Waals surface area contributed by atoms with Gasteiger partial charge in [0.25, 0.3) is 0 Å². The lowest BCUT2D eigenvalue weighted by Gasteiger charge is -2.70. The first kappa shape index (κ1) is 33.7. The SMILES string of the molecule is CCN1C[C@]2(COC(=O)c3ccccc3N3C(=O)C[C@H](C)C3=O)CC[C@H](OC)[C@]34C1[C@](O)([C@@H](OC)[C@H]23)[C@@]1(O)C[C@H](OC)[C@H]2C[C@@H]4[C@@H]1[C@H]2OC. The molecule has 1 aromatic rings. The van der Waals surface area contributed by atoms with E-state index in [1.54, 1.807) is 59.6 Å². The average molecular weight is 683 g/mol. The van der Waals surface area contributed by atoms with Gasteiger partial charge in [-0.1, -0.05) is 26.0 Å². The summed E-state index contributed by atoms with van der Waals surface area (Å²) < 4.78 is 31.4. The van der Waals surface area contributed by atoms with Crippen LogP contribution in [0.4, 0.5) is 5.69 Å². The third kappa shape index (κ3) is 3.86. The molecule has 1 aromatic carbocycles. The van der Waals surface area contributed by atoms with Crippen molar-refractivity contribution < 1.29 is 48.3 Å². The number of methoxy groups -OCH3 is 4. The van der Waals surface area contributed by atoms with Crippen molar-refractivity contribution in [3.05, 3.63) is 29.8 Å². The van der Waals surface area contributed by atoms with Crippen LogP contribution in [0.15, 0.2) is 24.3 Å². The van der Waals surface area contributed by atoms with Gasteiger partial charge in [0.05, 0.1) is 48.3 Å². The number of likely N-dealkylation sites (tertiary alicyclic amines) is 1. The Bertz CT molecular complexity index is 1560. The monoisotopic (exact) mass is 682 g/mol. The number of likely N-dealkylation sites (N-methyl/N-ethyl adjacent to an activating group) is 1. The van der Waals surface area contributed by atoms with E-state index in [0.717, 1.165) is 11.3 Å². The highest BCUT2D eigenvalue weighted by atomic mass is 16.5. The zero-order valence-corrected chi connectivity index (χ0v) is 29.3. The summed E-state index contributed by atoms with van der Waals surface area (Å²) in [5.41, 5.74) is -4.17. The first-order chi connectivity index (χ1) is 23.4. The molecule has 2 N–H and O–H groups in total. The Balaban J connectivity index is 1.23. The third-order valence-corrected chi connectivity index (χ3v) is 14.5. The highest BCUT2D eigenvalue weighted by Crippen LogP contribution is 2.80. The van der Waals surface area contributed by atoms with E-state index in [2.05, 4.69) is 11.8 Å². The van der Waals surface area contributed by atoms with Gasteiger partial charge < -0.3 is 33.9 Å². The van der Waals surface area contributed by atoms with Crippen LogP contribution in [0.1, 0.15) is 56.3 Å². The lowest BCUT2D eigenvalue weighted by atomic mass is 9.42. The molecule has 1 unspecified atom stereocenters. The Morgan fingerprint density at radius 1 is 1.04 bits per heavy atom. The van der Waals surface area contributed by atoms with E-state index in [-0.39, 0.29) is 84.5 Å².